The third-order valence-corrected chi connectivity index (χ3v) is 5.56. The van der Waals surface area contributed by atoms with Crippen molar-refractivity contribution in [1.82, 2.24) is 19.9 Å². The van der Waals surface area contributed by atoms with Gasteiger partial charge in [0, 0.05) is 41.4 Å². The number of alkyl carbamates (subject to hydrolysis) is 1. The van der Waals surface area contributed by atoms with Crippen LogP contribution < -0.4 is 10.6 Å². The molecule has 2 N–H and O–H groups in total. The van der Waals surface area contributed by atoms with E-state index in [1.807, 2.05) is 40.8 Å². The first-order valence-corrected chi connectivity index (χ1v) is 10.8. The van der Waals surface area contributed by atoms with Crippen molar-refractivity contribution in [2.45, 2.75) is 18.9 Å². The van der Waals surface area contributed by atoms with Gasteiger partial charge in [0.25, 0.3) is 0 Å². The predicted octanol–water partition coefficient (Wildman–Crippen LogP) is 3.56. The monoisotopic (exact) mass is 526 g/mol. The smallest absolute Gasteiger partial charge is 0.406 e. The second kappa shape index (κ2) is 9.23. The lowest BCUT2D eigenvalue weighted by Gasteiger charge is -2.36. The molecule has 0 saturated heterocycles. The molecule has 3 aromatic heterocycles. The molecule has 1 saturated carbocycles. The van der Waals surface area contributed by atoms with Crippen LogP contribution in [-0.2, 0) is 4.74 Å². The van der Waals surface area contributed by atoms with Crippen LogP contribution in [0.1, 0.15) is 24.0 Å². The van der Waals surface area contributed by atoms with Crippen LogP contribution >= 0.6 is 22.6 Å². The Bertz CT molecular complexity index is 1230. The molecule has 8 nitrogen and oxygen atoms in total. The number of hydrogen-bond acceptors (Lipinski definition) is 6. The highest BCUT2D eigenvalue weighted by atomic mass is 127. The summed E-state index contributed by atoms with van der Waals surface area (Å²) in [4.78, 5) is 15.8. The van der Waals surface area contributed by atoms with E-state index in [0.717, 1.165) is 41.0 Å². The van der Waals surface area contributed by atoms with Crippen molar-refractivity contribution >= 4 is 39.9 Å². The molecule has 1 amide bonds. The molecular weight excluding hydrogens is 507 g/mol. The maximum atomic E-state index is 11.2. The zero-order chi connectivity index (χ0) is 21.8. The van der Waals surface area contributed by atoms with E-state index in [1.165, 1.54) is 7.11 Å². The maximum absolute atomic E-state index is 11.2. The lowest BCUT2D eigenvalue weighted by Crippen LogP contribution is -2.42. The summed E-state index contributed by atoms with van der Waals surface area (Å²) < 4.78 is 9.30. The van der Waals surface area contributed by atoms with E-state index >= 15 is 0 Å². The fraction of sp³-hybridized carbons (Fsp3) is 0.273. The Morgan fingerprint density at radius 2 is 2.19 bits per heavy atom. The molecule has 1 aliphatic carbocycles. The Labute approximate surface area is 193 Å². The van der Waals surface area contributed by atoms with Gasteiger partial charge < -0.3 is 15.4 Å². The number of methoxy groups -OCH3 is 1. The van der Waals surface area contributed by atoms with Crippen LogP contribution in [0.5, 0.6) is 0 Å². The number of anilines is 1. The number of carbonyl (C=O) groups excluding carboxylic acids is 1. The zero-order valence-electron chi connectivity index (χ0n) is 16.7. The van der Waals surface area contributed by atoms with Gasteiger partial charge >= 0.3 is 6.09 Å². The molecule has 0 unspecified atom stereocenters. The molecule has 31 heavy (non-hydrogen) atoms. The van der Waals surface area contributed by atoms with Crippen molar-refractivity contribution in [3.05, 3.63) is 47.8 Å². The van der Waals surface area contributed by atoms with Crippen LogP contribution in [0.15, 0.2) is 36.7 Å². The lowest BCUT2D eigenvalue weighted by atomic mass is 9.80. The molecule has 156 valence electrons. The lowest BCUT2D eigenvalue weighted by molar-refractivity contribution is 0.164. The number of fused-ring (bicyclic) bond motifs is 1. The van der Waals surface area contributed by atoms with E-state index in [1.54, 1.807) is 23.0 Å². The summed E-state index contributed by atoms with van der Waals surface area (Å²) in [6.07, 6.45) is 4.81. The molecule has 3 aromatic rings. The van der Waals surface area contributed by atoms with Gasteiger partial charge in [0.05, 0.1) is 47.0 Å². The van der Waals surface area contributed by atoms with Crippen LogP contribution in [0.25, 0.3) is 16.9 Å². The third-order valence-electron chi connectivity index (χ3n) is 5.29. The van der Waals surface area contributed by atoms with Gasteiger partial charge in [-0.15, -0.1) is 0 Å². The predicted molar refractivity (Wildman–Crippen MR) is 125 cm³/mol. The van der Waals surface area contributed by atoms with Gasteiger partial charge in [0.15, 0.2) is 0 Å². The number of nitrogens with zero attached hydrogens (tertiary/aromatic N) is 4. The fourth-order valence-electron chi connectivity index (χ4n) is 3.66. The van der Waals surface area contributed by atoms with Gasteiger partial charge in [-0.05, 0) is 47.0 Å². The molecule has 3 heterocycles. The number of halogens is 1. The van der Waals surface area contributed by atoms with Crippen LogP contribution in [0.4, 0.5) is 10.5 Å². The molecular formula is C22H19IN6O2. The van der Waals surface area contributed by atoms with E-state index in [4.69, 9.17) is 5.26 Å². The van der Waals surface area contributed by atoms with Gasteiger partial charge in [-0.2, -0.15) is 10.4 Å². The summed E-state index contributed by atoms with van der Waals surface area (Å²) in [5, 5.41) is 19.8. The summed E-state index contributed by atoms with van der Waals surface area (Å²) in [5.74, 6) is 3.51. The Morgan fingerprint density at radius 3 is 2.94 bits per heavy atom. The van der Waals surface area contributed by atoms with E-state index in [9.17, 15) is 4.79 Å². The zero-order valence-corrected chi connectivity index (χ0v) is 18.9. The Balaban J connectivity index is 1.53. The summed E-state index contributed by atoms with van der Waals surface area (Å²) in [6, 6.07) is 10.0. The first-order valence-electron chi connectivity index (χ1n) is 9.69. The van der Waals surface area contributed by atoms with E-state index in [-0.39, 0.29) is 0 Å². The molecule has 0 bridgehead atoms. The number of pyridine rings is 1. The SMILES string of the molecule is COC(=O)NCC1CC(Nc2cc(-c3ccc4cc(C#N)cnn34)ncc2C#CI)C1. The normalized spacial score (nSPS) is 17.1. The van der Waals surface area contributed by atoms with E-state index < -0.39 is 6.09 Å². The number of rotatable bonds is 5. The number of aromatic nitrogens is 3. The summed E-state index contributed by atoms with van der Waals surface area (Å²) in [6.45, 7) is 0.610. The molecule has 4 rings (SSSR count). The largest absolute Gasteiger partial charge is 0.453 e. The summed E-state index contributed by atoms with van der Waals surface area (Å²) in [7, 11) is 1.36. The summed E-state index contributed by atoms with van der Waals surface area (Å²) >= 11 is 2.02. The van der Waals surface area contributed by atoms with Crippen molar-refractivity contribution in [1.29, 1.82) is 5.26 Å². The molecule has 1 fully saturated rings. The number of nitriles is 1. The minimum Gasteiger partial charge on any atom is -0.453 e. The first kappa shape index (κ1) is 20.9. The molecule has 0 atom stereocenters. The van der Waals surface area contributed by atoms with Crippen LogP contribution in [0, 0.1) is 27.1 Å². The van der Waals surface area contributed by atoms with E-state index in [2.05, 4.69) is 41.4 Å². The fourth-order valence-corrected chi connectivity index (χ4v) is 3.95. The van der Waals surface area contributed by atoms with Crippen molar-refractivity contribution in [2.75, 3.05) is 19.0 Å². The number of ether oxygens (including phenoxy) is 1. The molecule has 1 aliphatic rings. The maximum Gasteiger partial charge on any atom is 0.406 e. The Morgan fingerprint density at radius 1 is 1.35 bits per heavy atom. The highest BCUT2D eigenvalue weighted by Crippen LogP contribution is 2.32. The average Bonchev–Trinajstić information content (AvgIpc) is 3.19. The van der Waals surface area contributed by atoms with Gasteiger partial charge in [0.1, 0.15) is 6.07 Å². The molecule has 0 aliphatic heterocycles. The van der Waals surface area contributed by atoms with Crippen molar-refractivity contribution in [3.8, 4) is 27.3 Å². The number of hydrogen-bond donors (Lipinski definition) is 2. The van der Waals surface area contributed by atoms with Crippen molar-refractivity contribution in [3.63, 3.8) is 0 Å². The molecule has 0 radical (unpaired) electrons. The van der Waals surface area contributed by atoms with Gasteiger partial charge in [-0.1, -0.05) is 5.92 Å². The number of carbonyl (C=O) groups is 1. The van der Waals surface area contributed by atoms with Gasteiger partial charge in [-0.25, -0.2) is 9.31 Å². The minimum absolute atomic E-state index is 0.301. The quantitative estimate of drug-likeness (QED) is 0.390. The second-order valence-corrected chi connectivity index (χ2v) is 7.84. The second-order valence-electron chi connectivity index (χ2n) is 7.30. The van der Waals surface area contributed by atoms with Crippen LogP contribution in [-0.4, -0.2) is 40.4 Å². The highest BCUT2D eigenvalue weighted by Gasteiger charge is 2.29. The number of nitrogens with one attached hydrogen (secondary N) is 2. The third kappa shape index (κ3) is 4.57. The van der Waals surface area contributed by atoms with Crippen LogP contribution in [0.3, 0.4) is 0 Å². The summed E-state index contributed by atoms with van der Waals surface area (Å²) in [5.41, 5.74) is 4.70. The van der Waals surface area contributed by atoms with Crippen LogP contribution in [0.2, 0.25) is 0 Å². The molecule has 0 spiro atoms. The van der Waals surface area contributed by atoms with Gasteiger partial charge in [0.2, 0.25) is 0 Å². The molecule has 9 heteroatoms. The number of amides is 1. The Hall–Kier alpha value is -3.31. The average molecular weight is 526 g/mol. The van der Waals surface area contributed by atoms with Crippen molar-refractivity contribution < 1.29 is 9.53 Å². The topological polar surface area (TPSA) is 104 Å². The first-order chi connectivity index (χ1) is 15.1. The molecule has 0 aromatic carbocycles. The standard InChI is InChI=1S/C22H19IN6O2/c1-31-22(30)26-11-14-6-17(7-14)28-19-9-20(25-13-16(19)4-5-23)21-3-2-18-8-15(10-24)12-27-29(18)21/h2-3,8-9,12-14,17H,6-7,11H2,1H3,(H,25,28)(H,26,30). The minimum atomic E-state index is -0.398. The Kier molecular flexibility index (Phi) is 6.23. The van der Waals surface area contributed by atoms with E-state index in [0.29, 0.717) is 24.1 Å². The van der Waals surface area contributed by atoms with Crippen molar-refractivity contribution in [2.24, 2.45) is 5.92 Å². The van der Waals surface area contributed by atoms with Gasteiger partial charge in [-0.3, -0.25) is 4.98 Å². The highest BCUT2D eigenvalue weighted by molar-refractivity contribution is 14.1.